The molecule has 0 saturated heterocycles. The molecule has 0 aliphatic heterocycles. The second-order valence-corrected chi connectivity index (χ2v) is 13.2. The highest BCUT2D eigenvalue weighted by Crippen LogP contribution is 2.36. The summed E-state index contributed by atoms with van der Waals surface area (Å²) in [5.41, 5.74) is 14.0. The van der Waals surface area contributed by atoms with E-state index in [4.69, 9.17) is 4.42 Å². The summed E-state index contributed by atoms with van der Waals surface area (Å²) in [4.78, 5) is 2.41. The average molecular weight is 646 g/mol. The Morgan fingerprint density at radius 1 is 0.520 bits per heavy atom. The van der Waals surface area contributed by atoms with Gasteiger partial charge in [0.15, 0.2) is 0 Å². The van der Waals surface area contributed by atoms with Gasteiger partial charge in [-0.05, 0) is 99.9 Å². The third-order valence-corrected chi connectivity index (χ3v) is 9.72. The standard InChI is InChI=1S/C48H39NO/c1-34(28-46(49(2)33-35-14-6-3-7-15-35)40-26-27-45-44-20-12-13-21-47(44)50-48(45)32-40)36-22-24-39(25-23-36)43-30-41(37-16-8-4-9-17-37)29-42(31-43)38-18-10-5-11-19-38/h3-32,46H,33H2,1-2H3/b34-28+. The Bertz CT molecular complexity index is 2350. The SMILES string of the molecule is C/C(=C\C(c1ccc2c(c1)oc1ccccc12)N(C)Cc1ccccc1)c1ccc(-c2cc(-c3ccccc3)cc(-c3ccccc3)c2)cc1. The lowest BCUT2D eigenvalue weighted by Crippen LogP contribution is -2.23. The number of rotatable bonds is 9. The highest BCUT2D eigenvalue weighted by molar-refractivity contribution is 6.05. The molecular formula is C48H39NO. The molecule has 1 heterocycles. The summed E-state index contributed by atoms with van der Waals surface area (Å²) in [6.45, 7) is 3.05. The Kier molecular flexibility index (Phi) is 8.69. The van der Waals surface area contributed by atoms with Gasteiger partial charge < -0.3 is 4.42 Å². The molecule has 0 amide bonds. The quantitative estimate of drug-likeness (QED) is 0.155. The van der Waals surface area contributed by atoms with Crippen LogP contribution in [0.3, 0.4) is 0 Å². The zero-order chi connectivity index (χ0) is 33.9. The van der Waals surface area contributed by atoms with Crippen molar-refractivity contribution in [1.82, 2.24) is 4.90 Å². The van der Waals surface area contributed by atoms with Gasteiger partial charge in [-0.25, -0.2) is 0 Å². The Morgan fingerprint density at radius 2 is 1.04 bits per heavy atom. The van der Waals surface area contributed by atoms with Crippen LogP contribution in [0.15, 0.2) is 186 Å². The van der Waals surface area contributed by atoms with E-state index in [2.05, 4.69) is 189 Å². The predicted molar refractivity (Wildman–Crippen MR) is 211 cm³/mol. The molecule has 0 fully saturated rings. The molecule has 242 valence electrons. The highest BCUT2D eigenvalue weighted by atomic mass is 16.3. The molecule has 1 aromatic heterocycles. The number of hydrogen-bond donors (Lipinski definition) is 0. The number of furan rings is 1. The number of hydrogen-bond acceptors (Lipinski definition) is 2. The minimum atomic E-state index is 0.0449. The van der Waals surface area contributed by atoms with Gasteiger partial charge in [0, 0.05) is 17.3 Å². The number of likely N-dealkylation sites (N-methyl/N-ethyl adjacent to an activating group) is 1. The van der Waals surface area contributed by atoms with Crippen molar-refractivity contribution >= 4 is 27.5 Å². The van der Waals surface area contributed by atoms with Crippen molar-refractivity contribution in [2.45, 2.75) is 19.5 Å². The van der Waals surface area contributed by atoms with E-state index in [0.717, 1.165) is 28.5 Å². The largest absolute Gasteiger partial charge is 0.456 e. The van der Waals surface area contributed by atoms with E-state index in [0.29, 0.717) is 0 Å². The van der Waals surface area contributed by atoms with Crippen LogP contribution in [0.4, 0.5) is 0 Å². The third kappa shape index (κ3) is 6.54. The summed E-state index contributed by atoms with van der Waals surface area (Å²) >= 11 is 0. The lowest BCUT2D eigenvalue weighted by molar-refractivity contribution is 0.278. The minimum absolute atomic E-state index is 0.0449. The maximum Gasteiger partial charge on any atom is 0.135 e. The van der Waals surface area contributed by atoms with Crippen molar-refractivity contribution < 1.29 is 4.42 Å². The molecule has 8 rings (SSSR count). The summed E-state index contributed by atoms with van der Waals surface area (Å²) in [6.07, 6.45) is 2.39. The minimum Gasteiger partial charge on any atom is -0.456 e. The second-order valence-electron chi connectivity index (χ2n) is 13.2. The molecule has 0 N–H and O–H groups in total. The molecule has 0 aliphatic rings. The smallest absolute Gasteiger partial charge is 0.135 e. The van der Waals surface area contributed by atoms with Crippen LogP contribution in [0.2, 0.25) is 0 Å². The Labute approximate surface area is 294 Å². The van der Waals surface area contributed by atoms with Crippen molar-refractivity contribution in [3.05, 3.63) is 199 Å². The van der Waals surface area contributed by atoms with Crippen LogP contribution in [0, 0.1) is 0 Å². The van der Waals surface area contributed by atoms with E-state index in [-0.39, 0.29) is 6.04 Å². The van der Waals surface area contributed by atoms with Gasteiger partial charge in [-0.3, -0.25) is 4.90 Å². The molecule has 0 bridgehead atoms. The van der Waals surface area contributed by atoms with E-state index in [1.807, 2.05) is 12.1 Å². The zero-order valence-corrected chi connectivity index (χ0v) is 28.5. The summed E-state index contributed by atoms with van der Waals surface area (Å²) < 4.78 is 6.32. The Morgan fingerprint density at radius 3 is 1.66 bits per heavy atom. The maximum absolute atomic E-state index is 6.32. The number of nitrogens with zero attached hydrogens (tertiary/aromatic N) is 1. The van der Waals surface area contributed by atoms with Crippen molar-refractivity contribution in [1.29, 1.82) is 0 Å². The number of fused-ring (bicyclic) bond motifs is 3. The fourth-order valence-corrected chi connectivity index (χ4v) is 7.02. The first-order valence-electron chi connectivity index (χ1n) is 17.3. The van der Waals surface area contributed by atoms with Gasteiger partial charge in [-0.2, -0.15) is 0 Å². The van der Waals surface area contributed by atoms with Crippen LogP contribution >= 0.6 is 0 Å². The van der Waals surface area contributed by atoms with Crippen molar-refractivity contribution in [3.63, 3.8) is 0 Å². The van der Waals surface area contributed by atoms with Crippen LogP contribution in [-0.4, -0.2) is 11.9 Å². The predicted octanol–water partition coefficient (Wildman–Crippen LogP) is 12.9. The van der Waals surface area contributed by atoms with E-state index in [1.165, 1.54) is 55.6 Å². The van der Waals surface area contributed by atoms with Crippen LogP contribution in [0.25, 0.3) is 60.9 Å². The molecule has 7 aromatic carbocycles. The van der Waals surface area contributed by atoms with Crippen LogP contribution in [0.5, 0.6) is 0 Å². The summed E-state index contributed by atoms with van der Waals surface area (Å²) in [5, 5.41) is 2.30. The number of benzene rings is 7. The van der Waals surface area contributed by atoms with Crippen molar-refractivity contribution in [2.24, 2.45) is 0 Å². The molecule has 2 nitrogen and oxygen atoms in total. The van der Waals surface area contributed by atoms with E-state index in [9.17, 15) is 0 Å². The molecule has 0 spiro atoms. The molecule has 0 saturated carbocycles. The van der Waals surface area contributed by atoms with Gasteiger partial charge in [-0.1, -0.05) is 152 Å². The van der Waals surface area contributed by atoms with Gasteiger partial charge >= 0.3 is 0 Å². The summed E-state index contributed by atoms with van der Waals surface area (Å²) in [6, 6.07) is 62.9. The lowest BCUT2D eigenvalue weighted by Gasteiger charge is -2.27. The second kappa shape index (κ2) is 13.9. The summed E-state index contributed by atoms with van der Waals surface area (Å²) in [5.74, 6) is 0. The normalized spacial score (nSPS) is 12.5. The van der Waals surface area contributed by atoms with Gasteiger partial charge in [0.25, 0.3) is 0 Å². The van der Waals surface area contributed by atoms with Gasteiger partial charge in [0.1, 0.15) is 11.2 Å². The van der Waals surface area contributed by atoms with Gasteiger partial charge in [0.05, 0.1) is 6.04 Å². The molecule has 8 aromatic rings. The van der Waals surface area contributed by atoms with Crippen molar-refractivity contribution in [2.75, 3.05) is 7.05 Å². The molecule has 1 unspecified atom stereocenters. The van der Waals surface area contributed by atoms with Crippen LogP contribution < -0.4 is 0 Å². The Balaban J connectivity index is 1.15. The average Bonchev–Trinajstić information content (AvgIpc) is 3.56. The lowest BCUT2D eigenvalue weighted by atomic mass is 9.92. The van der Waals surface area contributed by atoms with Crippen molar-refractivity contribution in [3.8, 4) is 33.4 Å². The van der Waals surface area contributed by atoms with Crippen LogP contribution in [-0.2, 0) is 6.54 Å². The fraction of sp³-hybridized carbons (Fsp3) is 0.0833. The molecular weight excluding hydrogens is 607 g/mol. The van der Waals surface area contributed by atoms with Gasteiger partial charge in [-0.15, -0.1) is 0 Å². The van der Waals surface area contributed by atoms with E-state index < -0.39 is 0 Å². The highest BCUT2D eigenvalue weighted by Gasteiger charge is 2.18. The molecule has 0 radical (unpaired) electrons. The first kappa shape index (κ1) is 31.3. The molecule has 0 aliphatic carbocycles. The van der Waals surface area contributed by atoms with Crippen LogP contribution in [0.1, 0.15) is 29.7 Å². The van der Waals surface area contributed by atoms with E-state index >= 15 is 0 Å². The number of para-hydroxylation sites is 1. The molecule has 50 heavy (non-hydrogen) atoms. The Hall–Kier alpha value is -5.96. The number of allylic oxidation sites excluding steroid dienone is 1. The fourth-order valence-electron chi connectivity index (χ4n) is 7.02. The maximum atomic E-state index is 6.32. The zero-order valence-electron chi connectivity index (χ0n) is 28.5. The third-order valence-electron chi connectivity index (χ3n) is 9.72. The molecule has 2 heteroatoms. The summed E-state index contributed by atoms with van der Waals surface area (Å²) in [7, 11) is 2.21. The van der Waals surface area contributed by atoms with Gasteiger partial charge in [0.2, 0.25) is 0 Å². The monoisotopic (exact) mass is 645 g/mol. The molecule has 1 atom stereocenters. The first-order chi connectivity index (χ1) is 24.6. The topological polar surface area (TPSA) is 16.4 Å². The first-order valence-corrected chi connectivity index (χ1v) is 17.3. The van der Waals surface area contributed by atoms with E-state index in [1.54, 1.807) is 0 Å².